The van der Waals surface area contributed by atoms with E-state index in [0.717, 1.165) is 21.3 Å². The van der Waals surface area contributed by atoms with Crippen molar-refractivity contribution < 1.29 is 5.11 Å². The SMILES string of the molecule is Cc1c(Br)cccc1NCc1cccc(Br)c1O. The number of hydrogen-bond acceptors (Lipinski definition) is 2. The van der Waals surface area contributed by atoms with Crippen molar-refractivity contribution in [2.75, 3.05) is 5.32 Å². The number of para-hydroxylation sites is 1. The first kappa shape index (κ1) is 13.4. The van der Waals surface area contributed by atoms with Crippen LogP contribution in [-0.4, -0.2) is 5.11 Å². The Morgan fingerprint density at radius 3 is 2.50 bits per heavy atom. The number of halogens is 2. The summed E-state index contributed by atoms with van der Waals surface area (Å²) < 4.78 is 1.79. The van der Waals surface area contributed by atoms with E-state index >= 15 is 0 Å². The lowest BCUT2D eigenvalue weighted by Gasteiger charge is -2.12. The second-order valence-corrected chi connectivity index (χ2v) is 5.72. The van der Waals surface area contributed by atoms with Gasteiger partial charge >= 0.3 is 0 Å². The molecule has 18 heavy (non-hydrogen) atoms. The van der Waals surface area contributed by atoms with Gasteiger partial charge in [0.25, 0.3) is 0 Å². The molecule has 2 nitrogen and oxygen atoms in total. The fraction of sp³-hybridized carbons (Fsp3) is 0.143. The lowest BCUT2D eigenvalue weighted by Crippen LogP contribution is -2.01. The summed E-state index contributed by atoms with van der Waals surface area (Å²) in [7, 11) is 0. The van der Waals surface area contributed by atoms with Crippen LogP contribution in [0.3, 0.4) is 0 Å². The number of aromatic hydroxyl groups is 1. The summed E-state index contributed by atoms with van der Waals surface area (Å²) in [6.45, 7) is 2.63. The fourth-order valence-corrected chi connectivity index (χ4v) is 2.47. The number of rotatable bonds is 3. The van der Waals surface area contributed by atoms with Gasteiger partial charge in [-0.15, -0.1) is 0 Å². The molecule has 2 aromatic carbocycles. The summed E-state index contributed by atoms with van der Waals surface area (Å²) in [5, 5.41) is 13.2. The van der Waals surface area contributed by atoms with Crippen LogP contribution >= 0.6 is 31.9 Å². The Morgan fingerprint density at radius 2 is 1.72 bits per heavy atom. The number of anilines is 1. The molecule has 0 saturated carbocycles. The average Bonchev–Trinajstić information content (AvgIpc) is 2.36. The van der Waals surface area contributed by atoms with E-state index in [9.17, 15) is 5.11 Å². The highest BCUT2D eigenvalue weighted by atomic mass is 79.9. The topological polar surface area (TPSA) is 32.3 Å². The minimum Gasteiger partial charge on any atom is -0.506 e. The summed E-state index contributed by atoms with van der Waals surface area (Å²) in [6.07, 6.45) is 0. The molecule has 0 aromatic heterocycles. The number of nitrogens with one attached hydrogen (secondary N) is 1. The predicted molar refractivity (Wildman–Crippen MR) is 82.0 cm³/mol. The zero-order valence-corrected chi connectivity index (χ0v) is 13.0. The molecule has 0 saturated heterocycles. The van der Waals surface area contributed by atoms with Gasteiger partial charge in [0.05, 0.1) is 4.47 Å². The van der Waals surface area contributed by atoms with E-state index in [1.165, 1.54) is 0 Å². The van der Waals surface area contributed by atoms with Crippen molar-refractivity contribution in [3.8, 4) is 5.75 Å². The molecule has 0 atom stereocenters. The minimum atomic E-state index is 0.289. The van der Waals surface area contributed by atoms with E-state index in [1.54, 1.807) is 0 Å². The molecule has 2 aromatic rings. The van der Waals surface area contributed by atoms with Crippen molar-refractivity contribution >= 4 is 37.5 Å². The largest absolute Gasteiger partial charge is 0.506 e. The Bertz CT molecular complexity index is 518. The third-order valence-electron chi connectivity index (χ3n) is 2.81. The first-order valence-corrected chi connectivity index (χ1v) is 7.13. The lowest BCUT2D eigenvalue weighted by molar-refractivity contribution is 0.465. The number of hydrogen-bond donors (Lipinski definition) is 2. The quantitative estimate of drug-likeness (QED) is 0.810. The molecule has 0 bridgehead atoms. The predicted octanol–water partition coefficient (Wildman–Crippen LogP) is 4.84. The summed E-state index contributed by atoms with van der Waals surface area (Å²) in [5.74, 6) is 0.289. The van der Waals surface area contributed by atoms with Crippen molar-refractivity contribution in [2.45, 2.75) is 13.5 Å². The number of benzene rings is 2. The maximum atomic E-state index is 9.90. The van der Waals surface area contributed by atoms with Crippen molar-refractivity contribution in [1.82, 2.24) is 0 Å². The zero-order valence-electron chi connectivity index (χ0n) is 9.87. The Hall–Kier alpha value is -1.00. The Kier molecular flexibility index (Phi) is 4.30. The van der Waals surface area contributed by atoms with Crippen LogP contribution in [0.4, 0.5) is 5.69 Å². The monoisotopic (exact) mass is 369 g/mol. The van der Waals surface area contributed by atoms with Crippen LogP contribution < -0.4 is 5.32 Å². The molecule has 2 rings (SSSR count). The van der Waals surface area contributed by atoms with Gasteiger partial charge < -0.3 is 10.4 Å². The van der Waals surface area contributed by atoms with Gasteiger partial charge in [-0.3, -0.25) is 0 Å². The maximum Gasteiger partial charge on any atom is 0.134 e. The third-order valence-corrected chi connectivity index (χ3v) is 4.31. The molecule has 0 aliphatic carbocycles. The van der Waals surface area contributed by atoms with Crippen LogP contribution in [0.25, 0.3) is 0 Å². The first-order valence-electron chi connectivity index (χ1n) is 5.55. The molecule has 0 heterocycles. The highest BCUT2D eigenvalue weighted by Gasteiger charge is 2.06. The summed E-state index contributed by atoms with van der Waals surface area (Å²) >= 11 is 6.81. The van der Waals surface area contributed by atoms with Gasteiger partial charge in [0.15, 0.2) is 0 Å². The molecule has 0 fully saturated rings. The normalized spacial score (nSPS) is 10.4. The van der Waals surface area contributed by atoms with Gasteiger partial charge in [0.1, 0.15) is 5.75 Å². The number of phenolic OH excluding ortho intramolecular Hbond substituents is 1. The smallest absolute Gasteiger partial charge is 0.134 e. The molecule has 0 amide bonds. The molecule has 2 N–H and O–H groups in total. The lowest BCUT2D eigenvalue weighted by atomic mass is 10.1. The van der Waals surface area contributed by atoms with E-state index in [-0.39, 0.29) is 5.75 Å². The molecule has 0 unspecified atom stereocenters. The third kappa shape index (κ3) is 2.87. The van der Waals surface area contributed by atoms with E-state index in [2.05, 4.69) is 37.2 Å². The standard InChI is InChI=1S/C14H13Br2NO/c1-9-11(15)5-3-7-13(9)17-8-10-4-2-6-12(16)14(10)18/h2-7,17-18H,8H2,1H3. The van der Waals surface area contributed by atoms with Gasteiger partial charge in [-0.05, 0) is 46.6 Å². The average molecular weight is 371 g/mol. The second kappa shape index (κ2) is 5.76. The highest BCUT2D eigenvalue weighted by molar-refractivity contribution is 9.10. The van der Waals surface area contributed by atoms with E-state index in [1.807, 2.05) is 43.3 Å². The van der Waals surface area contributed by atoms with E-state index in [4.69, 9.17) is 0 Å². The first-order chi connectivity index (χ1) is 8.59. The molecular weight excluding hydrogens is 358 g/mol. The van der Waals surface area contributed by atoms with E-state index in [0.29, 0.717) is 11.0 Å². The molecule has 0 radical (unpaired) electrons. The second-order valence-electron chi connectivity index (χ2n) is 4.01. The van der Waals surface area contributed by atoms with Crippen LogP contribution in [0, 0.1) is 6.92 Å². The zero-order chi connectivity index (χ0) is 13.1. The van der Waals surface area contributed by atoms with Crippen molar-refractivity contribution in [2.24, 2.45) is 0 Å². The van der Waals surface area contributed by atoms with Crippen molar-refractivity contribution in [3.05, 3.63) is 56.5 Å². The van der Waals surface area contributed by atoms with Crippen LogP contribution in [0.15, 0.2) is 45.3 Å². The van der Waals surface area contributed by atoms with Crippen LogP contribution in [0.2, 0.25) is 0 Å². The molecule has 0 spiro atoms. The highest BCUT2D eigenvalue weighted by Crippen LogP contribution is 2.29. The number of phenols is 1. The van der Waals surface area contributed by atoms with E-state index < -0.39 is 0 Å². The summed E-state index contributed by atoms with van der Waals surface area (Å²) in [4.78, 5) is 0. The Labute approximate surface area is 123 Å². The molecule has 4 heteroatoms. The fourth-order valence-electron chi connectivity index (χ4n) is 1.69. The maximum absolute atomic E-state index is 9.90. The minimum absolute atomic E-state index is 0.289. The van der Waals surface area contributed by atoms with Gasteiger partial charge in [-0.2, -0.15) is 0 Å². The van der Waals surface area contributed by atoms with Crippen molar-refractivity contribution in [3.63, 3.8) is 0 Å². The molecular formula is C14H13Br2NO. The van der Waals surface area contributed by atoms with Crippen molar-refractivity contribution in [1.29, 1.82) is 0 Å². The molecule has 94 valence electrons. The Morgan fingerprint density at radius 1 is 1.06 bits per heavy atom. The van der Waals surface area contributed by atoms with Crippen LogP contribution in [-0.2, 0) is 6.54 Å². The Balaban J connectivity index is 2.17. The summed E-state index contributed by atoms with van der Waals surface area (Å²) in [5.41, 5.74) is 3.08. The van der Waals surface area contributed by atoms with Crippen LogP contribution in [0.1, 0.15) is 11.1 Å². The summed E-state index contributed by atoms with van der Waals surface area (Å²) in [6, 6.07) is 11.7. The van der Waals surface area contributed by atoms with Crippen LogP contribution in [0.5, 0.6) is 5.75 Å². The van der Waals surface area contributed by atoms with Gasteiger partial charge in [0.2, 0.25) is 0 Å². The van der Waals surface area contributed by atoms with Gasteiger partial charge in [-0.25, -0.2) is 0 Å². The van der Waals surface area contributed by atoms with Gasteiger partial charge in [0, 0.05) is 22.3 Å². The van der Waals surface area contributed by atoms with Gasteiger partial charge in [-0.1, -0.05) is 34.1 Å². The molecule has 0 aliphatic heterocycles. The molecule has 0 aliphatic rings.